The van der Waals surface area contributed by atoms with Crippen molar-refractivity contribution >= 4 is 23.8 Å². The van der Waals surface area contributed by atoms with Crippen molar-refractivity contribution < 1.29 is 14.6 Å². The highest BCUT2D eigenvalue weighted by atomic mass is 31.2. The zero-order chi connectivity index (χ0) is 21.7. The van der Waals surface area contributed by atoms with Crippen LogP contribution in [0, 0.1) is 0 Å². The van der Waals surface area contributed by atoms with Gasteiger partial charge in [0.2, 0.25) is 0 Å². The van der Waals surface area contributed by atoms with Crippen molar-refractivity contribution in [3.8, 4) is 5.75 Å². The number of hydrogen-bond acceptors (Lipinski definition) is 3. The van der Waals surface area contributed by atoms with Gasteiger partial charge in [0.1, 0.15) is 39.3 Å². The molecule has 0 fully saturated rings. The maximum Gasteiger partial charge on any atom is 0.137 e. The van der Waals surface area contributed by atoms with Crippen LogP contribution in [0.25, 0.3) is 0 Å². The van der Waals surface area contributed by atoms with Crippen LogP contribution in [-0.2, 0) is 11.0 Å². The molecule has 1 atom stereocenters. The summed E-state index contributed by atoms with van der Waals surface area (Å²) in [5.74, 6) is 2.84. The molecule has 4 rings (SSSR count). The third-order valence-corrected chi connectivity index (χ3v) is 10.4. The predicted octanol–water partition coefficient (Wildman–Crippen LogP) is 5.00. The van der Waals surface area contributed by atoms with Gasteiger partial charge >= 0.3 is 0 Å². The van der Waals surface area contributed by atoms with Gasteiger partial charge in [0, 0.05) is 0 Å². The van der Waals surface area contributed by atoms with E-state index in [9.17, 15) is 9.90 Å². The van der Waals surface area contributed by atoms with Crippen molar-refractivity contribution in [3.63, 3.8) is 0 Å². The Morgan fingerprint density at radius 1 is 0.935 bits per heavy atom. The number of allylic oxidation sites excluding steroid dienone is 4. The van der Waals surface area contributed by atoms with E-state index in [1.807, 2.05) is 66.7 Å². The Bertz CT molecular complexity index is 1120. The van der Waals surface area contributed by atoms with Crippen molar-refractivity contribution in [1.82, 2.24) is 0 Å². The molecule has 1 unspecified atom stereocenters. The molecule has 3 nitrogen and oxygen atoms in total. The van der Waals surface area contributed by atoms with Crippen molar-refractivity contribution in [2.75, 3.05) is 7.11 Å². The number of hydrogen-bond donors (Lipinski definition) is 1. The first-order valence-electron chi connectivity index (χ1n) is 10.1. The number of benzene rings is 3. The average Bonchev–Trinajstić information content (AvgIpc) is 2.83. The van der Waals surface area contributed by atoms with Gasteiger partial charge in [-0.05, 0) is 54.1 Å². The van der Waals surface area contributed by atoms with Crippen LogP contribution in [0.2, 0.25) is 0 Å². The molecule has 0 heterocycles. The molecule has 0 radical (unpaired) electrons. The molecule has 1 aliphatic carbocycles. The standard InChI is InChI=1S/C27H23O3P/c1-30-22-11-8-10-21(18-22)20-31(23-12-4-2-5-13-23,24-14-6-3-7-15-24)27-17-9-16-26(29)25(27)19-28/h2-18,27H,20H2,1H3/p+1. The van der Waals surface area contributed by atoms with E-state index in [2.05, 4.69) is 36.3 Å². The maximum absolute atomic E-state index is 12.0. The number of carbonyl (C=O) groups excluding carboxylic acids is 1. The summed E-state index contributed by atoms with van der Waals surface area (Å²) in [6, 6.07) is 28.7. The number of ether oxygens (including phenoxy) is 1. The molecule has 1 aliphatic rings. The van der Waals surface area contributed by atoms with E-state index in [0.29, 0.717) is 11.7 Å². The Morgan fingerprint density at radius 3 is 2.16 bits per heavy atom. The third-order valence-electron chi connectivity index (χ3n) is 5.70. The van der Waals surface area contributed by atoms with E-state index < -0.39 is 7.26 Å². The average molecular weight is 427 g/mol. The number of rotatable bonds is 6. The maximum atomic E-state index is 12.0. The quantitative estimate of drug-likeness (QED) is 0.445. The topological polar surface area (TPSA) is 46.5 Å². The van der Waals surface area contributed by atoms with Crippen molar-refractivity contribution in [2.45, 2.75) is 11.8 Å². The van der Waals surface area contributed by atoms with Gasteiger partial charge in [0.05, 0.1) is 20.5 Å². The molecule has 154 valence electrons. The number of aliphatic hydroxyl groups excluding tert-OH is 1. The normalized spacial score (nSPS) is 15.8. The predicted molar refractivity (Wildman–Crippen MR) is 129 cm³/mol. The fourth-order valence-corrected chi connectivity index (χ4v) is 8.97. The molecule has 31 heavy (non-hydrogen) atoms. The van der Waals surface area contributed by atoms with Gasteiger partial charge in [0.15, 0.2) is 0 Å². The summed E-state index contributed by atoms with van der Waals surface area (Å²) in [4.78, 5) is 12.0. The highest BCUT2D eigenvalue weighted by Crippen LogP contribution is 2.66. The Kier molecular flexibility index (Phi) is 6.18. The summed E-state index contributed by atoms with van der Waals surface area (Å²) in [6.07, 6.45) is 6.15. The van der Waals surface area contributed by atoms with Crippen LogP contribution >= 0.6 is 7.26 Å². The monoisotopic (exact) mass is 427 g/mol. The minimum atomic E-state index is -2.28. The Labute approximate surface area is 183 Å². The van der Waals surface area contributed by atoms with Gasteiger partial charge in [-0.2, -0.15) is 0 Å². The Hall–Kier alpha value is -3.38. The van der Waals surface area contributed by atoms with Gasteiger partial charge in [-0.15, -0.1) is 0 Å². The SMILES string of the molecule is COc1cccc(C[P+](c2ccccc2)(c2ccccc2)C2C=CC=C(O)C2=C=O)c1. The van der Waals surface area contributed by atoms with Gasteiger partial charge in [-0.3, -0.25) is 0 Å². The smallest absolute Gasteiger partial charge is 0.137 e. The number of methoxy groups -OCH3 is 1. The van der Waals surface area contributed by atoms with E-state index in [1.165, 1.54) is 10.6 Å². The van der Waals surface area contributed by atoms with E-state index in [4.69, 9.17) is 4.74 Å². The number of aliphatic hydroxyl groups is 1. The molecule has 0 saturated heterocycles. The highest BCUT2D eigenvalue weighted by molar-refractivity contribution is 7.89. The van der Waals surface area contributed by atoms with Crippen LogP contribution in [-0.4, -0.2) is 23.8 Å². The lowest BCUT2D eigenvalue weighted by molar-refractivity contribution is 0.414. The second-order valence-electron chi connectivity index (χ2n) is 7.45. The Morgan fingerprint density at radius 2 is 1.58 bits per heavy atom. The van der Waals surface area contributed by atoms with Crippen molar-refractivity contribution in [3.05, 3.63) is 120 Å². The summed E-state index contributed by atoms with van der Waals surface area (Å²) in [5.41, 5.74) is 1.14. The highest BCUT2D eigenvalue weighted by Gasteiger charge is 2.52. The summed E-state index contributed by atoms with van der Waals surface area (Å²) in [7, 11) is -0.619. The fraction of sp³-hybridized carbons (Fsp3) is 0.111. The van der Waals surface area contributed by atoms with Crippen LogP contribution in [0.1, 0.15) is 5.56 Å². The molecule has 0 saturated carbocycles. The largest absolute Gasteiger partial charge is 0.507 e. The molecule has 0 amide bonds. The van der Waals surface area contributed by atoms with Crippen LogP contribution in [0.5, 0.6) is 5.75 Å². The lowest BCUT2D eigenvalue weighted by Gasteiger charge is -2.34. The molecule has 4 heteroatoms. The molecule has 1 N–H and O–H groups in total. The summed E-state index contributed by atoms with van der Waals surface area (Å²) in [5, 5.41) is 12.9. The van der Waals surface area contributed by atoms with Gasteiger partial charge in [0.25, 0.3) is 0 Å². The molecule has 0 aromatic heterocycles. The molecular weight excluding hydrogens is 403 g/mol. The molecule has 0 bridgehead atoms. The van der Waals surface area contributed by atoms with Crippen LogP contribution in [0.4, 0.5) is 0 Å². The molecule has 3 aromatic carbocycles. The van der Waals surface area contributed by atoms with Crippen LogP contribution in [0.3, 0.4) is 0 Å². The minimum Gasteiger partial charge on any atom is -0.507 e. The van der Waals surface area contributed by atoms with E-state index >= 15 is 0 Å². The minimum absolute atomic E-state index is 0.00983. The van der Waals surface area contributed by atoms with Crippen molar-refractivity contribution in [2.24, 2.45) is 0 Å². The summed E-state index contributed by atoms with van der Waals surface area (Å²) < 4.78 is 5.47. The third kappa shape index (κ3) is 3.99. The van der Waals surface area contributed by atoms with Crippen LogP contribution < -0.4 is 15.3 Å². The molecule has 3 aromatic rings. The van der Waals surface area contributed by atoms with Gasteiger partial charge in [-0.1, -0.05) is 54.6 Å². The first-order valence-corrected chi connectivity index (χ1v) is 12.2. The summed E-state index contributed by atoms with van der Waals surface area (Å²) in [6.45, 7) is 0. The molecule has 0 aliphatic heterocycles. The van der Waals surface area contributed by atoms with E-state index in [-0.39, 0.29) is 11.4 Å². The molecule has 0 spiro atoms. The van der Waals surface area contributed by atoms with E-state index in [1.54, 1.807) is 13.2 Å². The summed E-state index contributed by atoms with van der Waals surface area (Å²) >= 11 is 0. The second kappa shape index (κ2) is 9.18. The van der Waals surface area contributed by atoms with E-state index in [0.717, 1.165) is 11.3 Å². The van der Waals surface area contributed by atoms with Gasteiger partial charge in [-0.25, -0.2) is 4.79 Å². The zero-order valence-electron chi connectivity index (χ0n) is 17.3. The van der Waals surface area contributed by atoms with Crippen LogP contribution in [0.15, 0.2) is 114 Å². The van der Waals surface area contributed by atoms with Gasteiger partial charge < -0.3 is 9.84 Å². The fourth-order valence-electron chi connectivity index (χ4n) is 4.27. The first kappa shape index (κ1) is 20.9. The molecular formula is C27H24O3P+. The first-order chi connectivity index (χ1) is 15.2. The Balaban J connectivity index is 2.01. The second-order valence-corrected chi connectivity index (χ2v) is 11.1. The zero-order valence-corrected chi connectivity index (χ0v) is 18.2. The van der Waals surface area contributed by atoms with Crippen molar-refractivity contribution in [1.29, 1.82) is 0 Å². The lowest BCUT2D eigenvalue weighted by atomic mass is 10.1. The lowest BCUT2D eigenvalue weighted by Crippen LogP contribution is -2.34.